The fraction of sp³-hybridized carbons (Fsp3) is 0.333. The van der Waals surface area contributed by atoms with E-state index in [9.17, 15) is 29.8 Å². The van der Waals surface area contributed by atoms with Crippen molar-refractivity contribution in [2.24, 2.45) is 11.5 Å². The number of esters is 2. The normalized spacial score (nSPS) is 12.4. The van der Waals surface area contributed by atoms with Gasteiger partial charge in [-0.3, -0.25) is 20.2 Å². The molecular weight excluding hydrogens is 575 g/mol. The molecule has 16 heteroatoms. The maximum absolute atomic E-state index is 11.8. The SMILES string of the molecule is COC(=O)c1cc(OCC(N)C/C=C\CC(N)COc2cc(C(=O)OC)cc([N+](=O)[O-])c2Cl)c(Cl)c([N+](=O)[O-])c1. The molecule has 40 heavy (non-hydrogen) atoms. The number of benzene rings is 2. The molecule has 0 saturated heterocycles. The minimum atomic E-state index is -0.797. The number of nitro benzene ring substituents is 2. The van der Waals surface area contributed by atoms with E-state index in [1.54, 1.807) is 12.2 Å². The van der Waals surface area contributed by atoms with Crippen molar-refractivity contribution < 1.29 is 38.4 Å². The Bertz CT molecular complexity index is 1210. The van der Waals surface area contributed by atoms with Crippen molar-refractivity contribution in [3.05, 3.63) is 77.8 Å². The van der Waals surface area contributed by atoms with Gasteiger partial charge >= 0.3 is 11.9 Å². The minimum Gasteiger partial charge on any atom is -0.490 e. The third kappa shape index (κ3) is 8.77. The highest BCUT2D eigenvalue weighted by molar-refractivity contribution is 6.34. The molecule has 0 bridgehead atoms. The number of rotatable bonds is 14. The second kappa shape index (κ2) is 15.0. The highest BCUT2D eigenvalue weighted by Gasteiger charge is 2.24. The number of hydrogen-bond donors (Lipinski definition) is 2. The van der Waals surface area contributed by atoms with E-state index in [0.29, 0.717) is 12.8 Å². The van der Waals surface area contributed by atoms with Crippen molar-refractivity contribution >= 4 is 46.5 Å². The largest absolute Gasteiger partial charge is 0.490 e. The van der Waals surface area contributed by atoms with Gasteiger partial charge in [-0.25, -0.2) is 9.59 Å². The van der Waals surface area contributed by atoms with Gasteiger partial charge in [-0.05, 0) is 25.0 Å². The van der Waals surface area contributed by atoms with E-state index >= 15 is 0 Å². The van der Waals surface area contributed by atoms with E-state index in [-0.39, 0.29) is 45.9 Å². The second-order valence-electron chi connectivity index (χ2n) is 8.20. The molecule has 0 radical (unpaired) electrons. The Kier molecular flexibility index (Phi) is 12.1. The third-order valence-corrected chi connectivity index (χ3v) is 5.99. The topological polar surface area (TPSA) is 209 Å². The number of methoxy groups -OCH3 is 2. The summed E-state index contributed by atoms with van der Waals surface area (Å²) in [4.78, 5) is 44.6. The maximum atomic E-state index is 11.8. The molecule has 2 rings (SSSR count). The van der Waals surface area contributed by atoms with Crippen LogP contribution in [0.15, 0.2) is 36.4 Å². The monoisotopic (exact) mass is 600 g/mol. The van der Waals surface area contributed by atoms with Gasteiger partial charge < -0.3 is 30.4 Å². The Morgan fingerprint density at radius 1 is 0.800 bits per heavy atom. The Labute approximate surface area is 238 Å². The summed E-state index contributed by atoms with van der Waals surface area (Å²) in [6.45, 7) is -0.149. The summed E-state index contributed by atoms with van der Waals surface area (Å²) >= 11 is 12.1. The lowest BCUT2D eigenvalue weighted by Gasteiger charge is -2.14. The van der Waals surface area contributed by atoms with Gasteiger partial charge in [0.05, 0.1) is 35.2 Å². The molecule has 0 aromatic heterocycles. The number of nitrogens with zero attached hydrogens (tertiary/aromatic N) is 2. The van der Waals surface area contributed by atoms with Gasteiger partial charge in [0.15, 0.2) is 10.0 Å². The van der Waals surface area contributed by atoms with Crippen LogP contribution in [-0.4, -0.2) is 61.3 Å². The minimum absolute atomic E-state index is 0.0746. The lowest BCUT2D eigenvalue weighted by atomic mass is 10.1. The maximum Gasteiger partial charge on any atom is 0.338 e. The first-order valence-electron chi connectivity index (χ1n) is 11.4. The predicted molar refractivity (Wildman–Crippen MR) is 144 cm³/mol. The van der Waals surface area contributed by atoms with Crippen LogP contribution in [0, 0.1) is 20.2 Å². The van der Waals surface area contributed by atoms with Crippen molar-refractivity contribution in [1.82, 2.24) is 0 Å². The molecule has 2 aromatic rings. The molecule has 0 spiro atoms. The number of ether oxygens (including phenoxy) is 4. The van der Waals surface area contributed by atoms with Crippen molar-refractivity contribution in [1.29, 1.82) is 0 Å². The number of nitro groups is 2. The fourth-order valence-electron chi connectivity index (χ4n) is 3.19. The van der Waals surface area contributed by atoms with Gasteiger partial charge in [0, 0.05) is 24.2 Å². The van der Waals surface area contributed by atoms with Crippen LogP contribution in [0.2, 0.25) is 10.0 Å². The van der Waals surface area contributed by atoms with Crippen LogP contribution in [0.1, 0.15) is 33.6 Å². The van der Waals surface area contributed by atoms with Crippen LogP contribution in [0.5, 0.6) is 11.5 Å². The molecule has 2 aromatic carbocycles. The van der Waals surface area contributed by atoms with Crippen LogP contribution >= 0.6 is 23.2 Å². The number of carbonyl (C=O) groups excluding carboxylic acids is 2. The summed E-state index contributed by atoms with van der Waals surface area (Å²) in [5.74, 6) is -1.78. The van der Waals surface area contributed by atoms with Crippen molar-refractivity contribution in [3.8, 4) is 11.5 Å². The van der Waals surface area contributed by atoms with Crippen LogP contribution in [0.25, 0.3) is 0 Å². The van der Waals surface area contributed by atoms with Crippen LogP contribution < -0.4 is 20.9 Å². The summed E-state index contributed by atoms with van der Waals surface area (Å²) in [6.07, 6.45) is 4.14. The summed E-state index contributed by atoms with van der Waals surface area (Å²) < 4.78 is 20.2. The van der Waals surface area contributed by atoms with Crippen LogP contribution in [0.3, 0.4) is 0 Å². The average molecular weight is 601 g/mol. The van der Waals surface area contributed by atoms with Crippen LogP contribution in [-0.2, 0) is 9.47 Å². The summed E-state index contributed by atoms with van der Waals surface area (Å²) in [5, 5.41) is 21.9. The Balaban J connectivity index is 1.93. The molecule has 0 saturated carbocycles. The zero-order valence-corrected chi connectivity index (χ0v) is 22.8. The molecule has 0 aliphatic carbocycles. The van der Waals surface area contributed by atoms with Gasteiger partial charge in [-0.1, -0.05) is 35.4 Å². The van der Waals surface area contributed by atoms with Gasteiger partial charge in [-0.15, -0.1) is 0 Å². The second-order valence-corrected chi connectivity index (χ2v) is 8.95. The number of carbonyl (C=O) groups is 2. The molecule has 14 nitrogen and oxygen atoms in total. The zero-order chi connectivity index (χ0) is 30.0. The quantitative estimate of drug-likeness (QED) is 0.137. The predicted octanol–water partition coefficient (Wildman–Crippen LogP) is 3.83. The molecule has 4 N–H and O–H groups in total. The average Bonchev–Trinajstić information content (AvgIpc) is 2.92. The summed E-state index contributed by atoms with van der Waals surface area (Å²) in [5.41, 5.74) is 10.8. The Morgan fingerprint density at radius 2 is 1.15 bits per heavy atom. The lowest BCUT2D eigenvalue weighted by Crippen LogP contribution is -2.28. The van der Waals surface area contributed by atoms with Gasteiger partial charge in [0.2, 0.25) is 0 Å². The number of hydrogen-bond acceptors (Lipinski definition) is 12. The molecule has 0 fully saturated rings. The highest BCUT2D eigenvalue weighted by atomic mass is 35.5. The van der Waals surface area contributed by atoms with Gasteiger partial charge in [0.1, 0.15) is 24.7 Å². The van der Waals surface area contributed by atoms with E-state index in [1.165, 1.54) is 12.1 Å². The molecule has 216 valence electrons. The van der Waals surface area contributed by atoms with E-state index in [1.807, 2.05) is 0 Å². The third-order valence-electron chi connectivity index (χ3n) is 5.23. The van der Waals surface area contributed by atoms with E-state index in [0.717, 1.165) is 26.4 Å². The van der Waals surface area contributed by atoms with Crippen LogP contribution in [0.4, 0.5) is 11.4 Å². The highest BCUT2D eigenvalue weighted by Crippen LogP contribution is 2.36. The first-order valence-corrected chi connectivity index (χ1v) is 12.2. The molecule has 0 aliphatic rings. The number of nitrogens with two attached hydrogens (primary N) is 2. The number of halogens is 2. The zero-order valence-electron chi connectivity index (χ0n) is 21.3. The standard InChI is InChI=1S/C24H26Cl2N4O10/c1-37-23(31)13-7-17(29(33)34)21(25)19(9-13)39-11-15(27)5-3-4-6-16(28)12-40-20-10-14(24(32)38-2)8-18(22(20)26)30(35)36/h3-4,7-10,15-16H,5-6,11-12,27-28H2,1-2H3/b4-3-. The molecular formula is C24H26Cl2N4O10. The Hall–Kier alpha value is -3.98. The Morgan fingerprint density at radius 3 is 1.45 bits per heavy atom. The fourth-order valence-corrected chi connectivity index (χ4v) is 3.65. The van der Waals surface area contributed by atoms with E-state index in [2.05, 4.69) is 9.47 Å². The van der Waals surface area contributed by atoms with E-state index < -0.39 is 45.2 Å². The summed E-state index contributed by atoms with van der Waals surface area (Å²) in [6, 6.07) is 3.35. The molecule has 0 aliphatic heterocycles. The van der Waals surface area contributed by atoms with Crippen molar-refractivity contribution in [2.75, 3.05) is 27.4 Å². The molecule has 2 unspecified atom stereocenters. The smallest absolute Gasteiger partial charge is 0.338 e. The lowest BCUT2D eigenvalue weighted by molar-refractivity contribution is -0.384. The summed E-state index contributed by atoms with van der Waals surface area (Å²) in [7, 11) is 2.26. The van der Waals surface area contributed by atoms with Gasteiger partial charge in [0.25, 0.3) is 11.4 Å². The molecule has 0 heterocycles. The van der Waals surface area contributed by atoms with Crippen molar-refractivity contribution in [3.63, 3.8) is 0 Å². The molecule has 0 amide bonds. The van der Waals surface area contributed by atoms with E-state index in [4.69, 9.17) is 44.1 Å². The first kappa shape index (κ1) is 32.2. The van der Waals surface area contributed by atoms with Gasteiger partial charge in [-0.2, -0.15) is 0 Å². The first-order chi connectivity index (χ1) is 18.9. The van der Waals surface area contributed by atoms with Crippen molar-refractivity contribution in [2.45, 2.75) is 24.9 Å². The molecule has 2 atom stereocenters.